The van der Waals surface area contributed by atoms with E-state index in [1.54, 1.807) is 12.3 Å². The summed E-state index contributed by atoms with van der Waals surface area (Å²) in [6.07, 6.45) is 1.75. The molecule has 2 heterocycles. The summed E-state index contributed by atoms with van der Waals surface area (Å²) in [5, 5.41) is 0.926. The van der Waals surface area contributed by atoms with Gasteiger partial charge in [-0.05, 0) is 24.3 Å². The van der Waals surface area contributed by atoms with Crippen molar-refractivity contribution < 1.29 is 18.7 Å². The fraction of sp³-hybridized carbons (Fsp3) is 0.0667. The van der Waals surface area contributed by atoms with E-state index in [-0.39, 0.29) is 17.2 Å². The lowest BCUT2D eigenvalue weighted by Crippen LogP contribution is -2.04. The Morgan fingerprint density at radius 3 is 2.90 bits per heavy atom. The summed E-state index contributed by atoms with van der Waals surface area (Å²) in [5.41, 5.74) is 0.774. The van der Waals surface area contributed by atoms with E-state index in [0.29, 0.717) is 5.65 Å². The van der Waals surface area contributed by atoms with E-state index in [1.165, 1.54) is 19.2 Å². The molecule has 0 aliphatic rings. The smallest absolute Gasteiger partial charge is 0.341 e. The lowest BCUT2D eigenvalue weighted by atomic mass is 10.2. The summed E-state index contributed by atoms with van der Waals surface area (Å²) >= 11 is 0. The summed E-state index contributed by atoms with van der Waals surface area (Å²) in [7, 11) is 1.25. The zero-order valence-corrected chi connectivity index (χ0v) is 11.1. The number of carbonyl (C=O) groups excluding carboxylic acids is 1. The molecule has 0 bridgehead atoms. The third-order valence-electron chi connectivity index (χ3n) is 2.95. The molecule has 0 fully saturated rings. The summed E-state index contributed by atoms with van der Waals surface area (Å²) in [6, 6.07) is 8.92. The van der Waals surface area contributed by atoms with Crippen LogP contribution in [0.5, 0.6) is 11.6 Å². The second-order valence-electron chi connectivity index (χ2n) is 4.30. The van der Waals surface area contributed by atoms with Crippen LogP contribution in [0.2, 0.25) is 0 Å². The maximum absolute atomic E-state index is 13.4. The number of hydrogen-bond acceptors (Lipinski definition) is 4. The zero-order valence-electron chi connectivity index (χ0n) is 11.1. The summed E-state index contributed by atoms with van der Waals surface area (Å²) in [6.45, 7) is 0. The Bertz CT molecular complexity index is 814. The van der Waals surface area contributed by atoms with Gasteiger partial charge in [-0.25, -0.2) is 9.18 Å². The van der Waals surface area contributed by atoms with Gasteiger partial charge in [0.25, 0.3) is 0 Å². The maximum atomic E-state index is 13.4. The third kappa shape index (κ3) is 2.55. The molecule has 0 saturated carbocycles. The number of nitrogens with one attached hydrogen (secondary N) is 1. The van der Waals surface area contributed by atoms with Crippen LogP contribution in [-0.4, -0.2) is 23.0 Å². The number of hydrogen-bond donors (Lipinski definition) is 1. The fourth-order valence-corrected chi connectivity index (χ4v) is 1.94. The molecule has 2 aromatic heterocycles. The number of halogens is 1. The first-order valence-electron chi connectivity index (χ1n) is 6.17. The average molecular weight is 286 g/mol. The largest absolute Gasteiger partial charge is 0.465 e. The first-order chi connectivity index (χ1) is 10.2. The number of rotatable bonds is 3. The minimum atomic E-state index is -0.606. The van der Waals surface area contributed by atoms with Crippen molar-refractivity contribution in [2.75, 3.05) is 7.11 Å². The van der Waals surface area contributed by atoms with Gasteiger partial charge in [0.1, 0.15) is 22.8 Å². The minimum Gasteiger partial charge on any atom is -0.465 e. The molecule has 0 spiro atoms. The maximum Gasteiger partial charge on any atom is 0.341 e. The summed E-state index contributed by atoms with van der Waals surface area (Å²) in [5.74, 6) is -0.814. The van der Waals surface area contributed by atoms with Gasteiger partial charge in [0.05, 0.1) is 7.11 Å². The highest BCUT2D eigenvalue weighted by atomic mass is 19.1. The summed E-state index contributed by atoms with van der Waals surface area (Å²) < 4.78 is 23.5. The molecule has 106 valence electrons. The molecule has 1 aromatic carbocycles. The van der Waals surface area contributed by atoms with Crippen molar-refractivity contribution in [2.24, 2.45) is 0 Å². The molecule has 3 aromatic rings. The van der Waals surface area contributed by atoms with Crippen LogP contribution in [0.4, 0.5) is 4.39 Å². The quantitative estimate of drug-likeness (QED) is 0.750. The number of pyridine rings is 1. The van der Waals surface area contributed by atoms with Crippen molar-refractivity contribution >= 4 is 17.0 Å². The number of aromatic nitrogens is 2. The topological polar surface area (TPSA) is 64.2 Å². The Hall–Kier alpha value is -2.89. The van der Waals surface area contributed by atoms with E-state index >= 15 is 0 Å². The van der Waals surface area contributed by atoms with Crippen LogP contribution in [0.15, 0.2) is 42.6 Å². The lowest BCUT2D eigenvalue weighted by Gasteiger charge is -2.09. The van der Waals surface area contributed by atoms with Crippen LogP contribution in [0.1, 0.15) is 10.4 Å². The molecule has 0 amide bonds. The minimum absolute atomic E-state index is 0.0558. The highest BCUT2D eigenvalue weighted by molar-refractivity contribution is 5.92. The number of nitrogens with zero attached hydrogens (tertiary/aromatic N) is 1. The van der Waals surface area contributed by atoms with Crippen molar-refractivity contribution in [1.29, 1.82) is 0 Å². The van der Waals surface area contributed by atoms with E-state index in [2.05, 4.69) is 14.7 Å². The molecular formula is C15H11FN2O3. The van der Waals surface area contributed by atoms with E-state index in [9.17, 15) is 9.18 Å². The highest BCUT2D eigenvalue weighted by Crippen LogP contribution is 2.27. The third-order valence-corrected chi connectivity index (χ3v) is 2.95. The number of benzene rings is 1. The standard InChI is InChI=1S/C15H11FN2O3/c1-20-15(19)11-4-3-10(16)8-12(11)21-13-5-2-9-6-7-17-14(9)18-13/h2-8H,1H3,(H,17,18). The van der Waals surface area contributed by atoms with Gasteiger partial charge in [0, 0.05) is 23.7 Å². The van der Waals surface area contributed by atoms with Crippen LogP contribution in [0.25, 0.3) is 11.0 Å². The van der Waals surface area contributed by atoms with E-state index in [0.717, 1.165) is 11.5 Å². The molecule has 0 atom stereocenters. The Morgan fingerprint density at radius 1 is 1.24 bits per heavy atom. The van der Waals surface area contributed by atoms with Gasteiger partial charge in [-0.3, -0.25) is 0 Å². The first kappa shape index (κ1) is 13.1. The SMILES string of the molecule is COC(=O)c1ccc(F)cc1Oc1ccc2cc[nH]c2n1. The van der Waals surface area contributed by atoms with Crippen molar-refractivity contribution in [3.05, 3.63) is 54.0 Å². The van der Waals surface area contributed by atoms with Crippen molar-refractivity contribution in [2.45, 2.75) is 0 Å². The fourth-order valence-electron chi connectivity index (χ4n) is 1.94. The van der Waals surface area contributed by atoms with Gasteiger partial charge in [-0.15, -0.1) is 0 Å². The van der Waals surface area contributed by atoms with Crippen LogP contribution in [0, 0.1) is 5.82 Å². The molecule has 0 aliphatic carbocycles. The normalized spacial score (nSPS) is 10.6. The Balaban J connectivity index is 1.99. The first-order valence-corrected chi connectivity index (χ1v) is 6.17. The molecule has 3 rings (SSSR count). The molecular weight excluding hydrogens is 275 g/mol. The second-order valence-corrected chi connectivity index (χ2v) is 4.30. The van der Waals surface area contributed by atoms with Crippen molar-refractivity contribution in [3.8, 4) is 11.6 Å². The Labute approximate surface area is 119 Å². The predicted octanol–water partition coefficient (Wildman–Crippen LogP) is 3.28. The number of esters is 1. The van der Waals surface area contributed by atoms with Gasteiger partial charge < -0.3 is 14.5 Å². The zero-order chi connectivity index (χ0) is 14.8. The van der Waals surface area contributed by atoms with E-state index in [1.807, 2.05) is 12.1 Å². The van der Waals surface area contributed by atoms with Gasteiger partial charge in [0.2, 0.25) is 5.88 Å². The van der Waals surface area contributed by atoms with Gasteiger partial charge in [0.15, 0.2) is 0 Å². The van der Waals surface area contributed by atoms with E-state index in [4.69, 9.17) is 4.74 Å². The van der Waals surface area contributed by atoms with Crippen LogP contribution >= 0.6 is 0 Å². The Kier molecular flexibility index (Phi) is 3.27. The van der Waals surface area contributed by atoms with Gasteiger partial charge >= 0.3 is 5.97 Å². The monoisotopic (exact) mass is 286 g/mol. The molecule has 6 heteroatoms. The number of carbonyl (C=O) groups is 1. The lowest BCUT2D eigenvalue weighted by molar-refractivity contribution is 0.0598. The molecule has 0 unspecified atom stereocenters. The van der Waals surface area contributed by atoms with Crippen LogP contribution in [0.3, 0.4) is 0 Å². The number of aromatic amines is 1. The molecule has 0 aliphatic heterocycles. The summed E-state index contributed by atoms with van der Waals surface area (Å²) in [4.78, 5) is 18.8. The second kappa shape index (κ2) is 5.24. The number of ether oxygens (including phenoxy) is 2. The number of methoxy groups -OCH3 is 1. The number of fused-ring (bicyclic) bond motifs is 1. The molecule has 0 saturated heterocycles. The molecule has 21 heavy (non-hydrogen) atoms. The van der Waals surface area contributed by atoms with Crippen molar-refractivity contribution in [3.63, 3.8) is 0 Å². The molecule has 1 N–H and O–H groups in total. The number of H-pyrrole nitrogens is 1. The molecule has 0 radical (unpaired) electrons. The van der Waals surface area contributed by atoms with Crippen molar-refractivity contribution in [1.82, 2.24) is 9.97 Å². The van der Waals surface area contributed by atoms with Gasteiger partial charge in [-0.2, -0.15) is 4.98 Å². The van der Waals surface area contributed by atoms with E-state index < -0.39 is 11.8 Å². The van der Waals surface area contributed by atoms with Crippen LogP contribution < -0.4 is 4.74 Å². The Morgan fingerprint density at radius 2 is 2.10 bits per heavy atom. The molecule has 5 nitrogen and oxygen atoms in total. The highest BCUT2D eigenvalue weighted by Gasteiger charge is 2.15. The predicted molar refractivity (Wildman–Crippen MR) is 73.9 cm³/mol. The average Bonchev–Trinajstić information content (AvgIpc) is 2.94. The van der Waals surface area contributed by atoms with Crippen LogP contribution in [-0.2, 0) is 4.74 Å². The van der Waals surface area contributed by atoms with Gasteiger partial charge in [-0.1, -0.05) is 0 Å².